The maximum Gasteiger partial charge on any atom is 0.358 e. The fourth-order valence-corrected chi connectivity index (χ4v) is 2.14. The molecule has 0 aliphatic carbocycles. The van der Waals surface area contributed by atoms with Crippen molar-refractivity contribution in [2.45, 2.75) is 25.8 Å². The van der Waals surface area contributed by atoms with Crippen LogP contribution in [0.3, 0.4) is 0 Å². The Hall–Kier alpha value is -2.77. The molecule has 7 nitrogen and oxygen atoms in total. The SMILES string of the molecule is CCC(C(=O)O)n1nnc(C(=O)O)c1Cc1ccc(F)cc1. The van der Waals surface area contributed by atoms with E-state index in [0.29, 0.717) is 5.56 Å². The summed E-state index contributed by atoms with van der Waals surface area (Å²) in [6.45, 7) is 1.66. The van der Waals surface area contributed by atoms with Crippen LogP contribution in [0.1, 0.15) is 41.1 Å². The van der Waals surface area contributed by atoms with Gasteiger partial charge in [-0.2, -0.15) is 0 Å². The summed E-state index contributed by atoms with van der Waals surface area (Å²) in [7, 11) is 0. The van der Waals surface area contributed by atoms with Crippen LogP contribution < -0.4 is 0 Å². The predicted octanol–water partition coefficient (Wildman–Crippen LogP) is 1.74. The standard InChI is InChI=1S/C14H14FN3O4/c1-2-10(13(19)20)18-11(12(14(21)22)16-17-18)7-8-3-5-9(15)6-4-8/h3-6,10H,2,7H2,1H3,(H,19,20)(H,21,22). The fraction of sp³-hybridized carbons (Fsp3) is 0.286. The van der Waals surface area contributed by atoms with E-state index in [1.807, 2.05) is 0 Å². The third-order valence-electron chi connectivity index (χ3n) is 3.25. The molecule has 1 aromatic heterocycles. The molecule has 1 atom stereocenters. The first-order valence-corrected chi connectivity index (χ1v) is 6.58. The summed E-state index contributed by atoms with van der Waals surface area (Å²) in [5, 5.41) is 25.6. The molecule has 0 radical (unpaired) electrons. The Morgan fingerprint density at radius 1 is 1.27 bits per heavy atom. The van der Waals surface area contributed by atoms with Crippen LogP contribution in [0.25, 0.3) is 0 Å². The number of hydrogen-bond acceptors (Lipinski definition) is 4. The first kappa shape index (κ1) is 15.6. The molecule has 2 aromatic rings. The first-order chi connectivity index (χ1) is 10.4. The fourth-order valence-electron chi connectivity index (χ4n) is 2.14. The average Bonchev–Trinajstić information content (AvgIpc) is 2.86. The molecular weight excluding hydrogens is 293 g/mol. The Morgan fingerprint density at radius 3 is 2.41 bits per heavy atom. The van der Waals surface area contributed by atoms with Gasteiger partial charge in [0.15, 0.2) is 11.7 Å². The second-order valence-electron chi connectivity index (χ2n) is 4.70. The van der Waals surface area contributed by atoms with E-state index in [4.69, 9.17) is 0 Å². The van der Waals surface area contributed by atoms with Crippen molar-refractivity contribution in [2.75, 3.05) is 0 Å². The second-order valence-corrected chi connectivity index (χ2v) is 4.70. The highest BCUT2D eigenvalue weighted by molar-refractivity contribution is 5.86. The number of carboxylic acids is 2. The van der Waals surface area contributed by atoms with Crippen molar-refractivity contribution in [1.82, 2.24) is 15.0 Å². The van der Waals surface area contributed by atoms with Crippen LogP contribution in [0.15, 0.2) is 24.3 Å². The topological polar surface area (TPSA) is 105 Å². The van der Waals surface area contributed by atoms with E-state index >= 15 is 0 Å². The third-order valence-corrected chi connectivity index (χ3v) is 3.25. The van der Waals surface area contributed by atoms with Crippen LogP contribution in [0.4, 0.5) is 4.39 Å². The number of carbonyl (C=O) groups is 2. The molecule has 1 aromatic carbocycles. The molecule has 0 amide bonds. The number of aliphatic carboxylic acids is 1. The molecule has 2 N–H and O–H groups in total. The smallest absolute Gasteiger partial charge is 0.358 e. The average molecular weight is 307 g/mol. The van der Waals surface area contributed by atoms with Gasteiger partial charge in [0, 0.05) is 6.42 Å². The Kier molecular flexibility index (Phi) is 4.50. The lowest BCUT2D eigenvalue weighted by Crippen LogP contribution is -2.22. The van der Waals surface area contributed by atoms with E-state index in [-0.39, 0.29) is 24.2 Å². The molecule has 8 heteroatoms. The van der Waals surface area contributed by atoms with Gasteiger partial charge in [0.1, 0.15) is 5.82 Å². The highest BCUT2D eigenvalue weighted by Crippen LogP contribution is 2.19. The second kappa shape index (κ2) is 6.33. The van der Waals surface area contributed by atoms with Crippen molar-refractivity contribution in [3.8, 4) is 0 Å². The quantitative estimate of drug-likeness (QED) is 0.842. The Labute approximate surface area is 125 Å². The molecule has 0 saturated carbocycles. The largest absolute Gasteiger partial charge is 0.480 e. The zero-order valence-electron chi connectivity index (χ0n) is 11.7. The van der Waals surface area contributed by atoms with Crippen LogP contribution >= 0.6 is 0 Å². The van der Waals surface area contributed by atoms with E-state index in [1.54, 1.807) is 6.92 Å². The Balaban J connectivity index is 2.46. The Bertz CT molecular complexity index is 697. The molecule has 1 heterocycles. The summed E-state index contributed by atoms with van der Waals surface area (Å²) in [6.07, 6.45) is 0.326. The summed E-state index contributed by atoms with van der Waals surface area (Å²) in [6, 6.07) is 4.49. The highest BCUT2D eigenvalue weighted by Gasteiger charge is 2.27. The lowest BCUT2D eigenvalue weighted by Gasteiger charge is -2.13. The van der Waals surface area contributed by atoms with Crippen LogP contribution in [0.2, 0.25) is 0 Å². The molecule has 0 spiro atoms. The molecule has 0 aliphatic heterocycles. The van der Waals surface area contributed by atoms with Crippen LogP contribution in [0, 0.1) is 5.82 Å². The minimum Gasteiger partial charge on any atom is -0.480 e. The van der Waals surface area contributed by atoms with E-state index in [9.17, 15) is 24.2 Å². The summed E-state index contributed by atoms with van der Waals surface area (Å²) in [5.74, 6) is -2.82. The van der Waals surface area contributed by atoms with Crippen molar-refractivity contribution in [2.24, 2.45) is 0 Å². The lowest BCUT2D eigenvalue weighted by molar-refractivity contribution is -0.141. The molecular formula is C14H14FN3O4. The number of carboxylic acid groups (broad SMARTS) is 2. The van der Waals surface area contributed by atoms with Gasteiger partial charge in [-0.1, -0.05) is 24.3 Å². The minimum atomic E-state index is -1.29. The minimum absolute atomic E-state index is 0.0959. The number of hydrogen-bond donors (Lipinski definition) is 2. The normalized spacial score (nSPS) is 12.1. The van der Waals surface area contributed by atoms with Gasteiger partial charge in [0.25, 0.3) is 0 Å². The zero-order valence-corrected chi connectivity index (χ0v) is 11.7. The maximum absolute atomic E-state index is 12.9. The summed E-state index contributed by atoms with van der Waals surface area (Å²) < 4.78 is 14.0. The molecule has 0 fully saturated rings. The molecule has 116 valence electrons. The van der Waals surface area contributed by atoms with Gasteiger partial charge in [0.2, 0.25) is 0 Å². The van der Waals surface area contributed by atoms with Gasteiger partial charge in [-0.3, -0.25) is 0 Å². The molecule has 0 bridgehead atoms. The summed E-state index contributed by atoms with van der Waals surface area (Å²) in [4.78, 5) is 22.5. The molecule has 1 unspecified atom stereocenters. The van der Waals surface area contributed by atoms with Crippen molar-refractivity contribution in [3.63, 3.8) is 0 Å². The van der Waals surface area contributed by atoms with E-state index in [0.717, 1.165) is 4.68 Å². The van der Waals surface area contributed by atoms with Gasteiger partial charge in [-0.15, -0.1) is 5.10 Å². The molecule has 2 rings (SSSR count). The van der Waals surface area contributed by atoms with Crippen LogP contribution in [-0.2, 0) is 11.2 Å². The number of aromatic nitrogens is 3. The molecule has 0 aliphatic rings. The van der Waals surface area contributed by atoms with Gasteiger partial charge in [-0.05, 0) is 24.1 Å². The maximum atomic E-state index is 12.9. The van der Waals surface area contributed by atoms with E-state index in [1.165, 1.54) is 24.3 Å². The van der Waals surface area contributed by atoms with Crippen LogP contribution in [0.5, 0.6) is 0 Å². The Morgan fingerprint density at radius 2 is 1.91 bits per heavy atom. The molecule has 0 saturated heterocycles. The van der Waals surface area contributed by atoms with Crippen molar-refractivity contribution in [1.29, 1.82) is 0 Å². The number of halogens is 1. The number of rotatable bonds is 6. The molecule has 22 heavy (non-hydrogen) atoms. The van der Waals surface area contributed by atoms with Crippen molar-refractivity contribution < 1.29 is 24.2 Å². The third kappa shape index (κ3) is 3.11. The van der Waals surface area contributed by atoms with Gasteiger partial charge in [0.05, 0.1) is 5.69 Å². The van der Waals surface area contributed by atoms with Crippen molar-refractivity contribution >= 4 is 11.9 Å². The van der Waals surface area contributed by atoms with Crippen molar-refractivity contribution in [3.05, 3.63) is 47.0 Å². The monoisotopic (exact) mass is 307 g/mol. The highest BCUT2D eigenvalue weighted by atomic mass is 19.1. The predicted molar refractivity (Wildman–Crippen MR) is 73.2 cm³/mol. The lowest BCUT2D eigenvalue weighted by atomic mass is 10.1. The number of aromatic carboxylic acids is 1. The van der Waals surface area contributed by atoms with Gasteiger partial charge in [-0.25, -0.2) is 18.7 Å². The first-order valence-electron chi connectivity index (χ1n) is 6.58. The van der Waals surface area contributed by atoms with Gasteiger partial charge >= 0.3 is 11.9 Å². The van der Waals surface area contributed by atoms with Gasteiger partial charge < -0.3 is 10.2 Å². The zero-order chi connectivity index (χ0) is 16.3. The number of benzene rings is 1. The summed E-state index contributed by atoms with van der Waals surface area (Å²) in [5.41, 5.74) is 0.505. The van der Waals surface area contributed by atoms with Crippen LogP contribution in [-0.4, -0.2) is 37.1 Å². The summed E-state index contributed by atoms with van der Waals surface area (Å²) >= 11 is 0. The number of nitrogens with zero attached hydrogens (tertiary/aromatic N) is 3. The van der Waals surface area contributed by atoms with E-state index < -0.39 is 23.8 Å². The van der Waals surface area contributed by atoms with E-state index in [2.05, 4.69) is 10.3 Å².